The molecule has 0 N–H and O–H groups in total. The number of ketones is 2. The van der Waals surface area contributed by atoms with Crippen LogP contribution in [0.4, 0.5) is 0 Å². The zero-order valence-corrected chi connectivity index (χ0v) is 19.0. The zero-order chi connectivity index (χ0) is 23.3. The number of carbonyl (C=O) groups excluding carboxylic acids is 3. The van der Waals surface area contributed by atoms with Gasteiger partial charge in [-0.1, -0.05) is 11.6 Å². The fraction of sp³-hybridized carbons (Fsp3) is 0.400. The van der Waals surface area contributed by atoms with Crippen molar-refractivity contribution in [3.8, 4) is 5.75 Å². The van der Waals surface area contributed by atoms with E-state index < -0.39 is 0 Å². The molecule has 2 aromatic heterocycles. The minimum atomic E-state index is -0.244. The van der Waals surface area contributed by atoms with E-state index in [9.17, 15) is 14.4 Å². The van der Waals surface area contributed by atoms with Gasteiger partial charge in [-0.3, -0.25) is 14.4 Å². The Labute approximate surface area is 191 Å². The van der Waals surface area contributed by atoms with Gasteiger partial charge in [0.05, 0.1) is 16.8 Å². The van der Waals surface area contributed by atoms with Gasteiger partial charge in [-0.05, 0) is 45.7 Å². The van der Waals surface area contributed by atoms with E-state index in [4.69, 9.17) is 4.74 Å². The van der Waals surface area contributed by atoms with Gasteiger partial charge < -0.3 is 9.64 Å². The number of piperidine rings is 1. The Kier molecular flexibility index (Phi) is 5.23. The van der Waals surface area contributed by atoms with E-state index in [1.165, 1.54) is 13.1 Å². The molecule has 33 heavy (non-hydrogen) atoms. The summed E-state index contributed by atoms with van der Waals surface area (Å²) < 4.78 is 7.76. The molecule has 3 aromatic rings. The van der Waals surface area contributed by atoms with E-state index in [-0.39, 0.29) is 29.5 Å². The van der Waals surface area contributed by atoms with E-state index in [1.807, 2.05) is 25.1 Å². The molecule has 8 nitrogen and oxygen atoms in total. The van der Waals surface area contributed by atoms with E-state index in [1.54, 1.807) is 22.4 Å². The summed E-state index contributed by atoms with van der Waals surface area (Å²) in [5.41, 5.74) is 3.65. The summed E-state index contributed by atoms with van der Waals surface area (Å²) in [6.07, 6.45) is 3.35. The molecule has 2 aliphatic rings. The first-order chi connectivity index (χ1) is 15.8. The smallest absolute Gasteiger partial charge is 0.274 e. The summed E-state index contributed by atoms with van der Waals surface area (Å²) in [6.45, 7) is 6.38. The molecule has 0 bridgehead atoms. The summed E-state index contributed by atoms with van der Waals surface area (Å²) in [7, 11) is 0. The standard InChI is InChI=1S/C25H26N4O4/c1-14-6-7-22-18(9-14)21(31)11-23(33-22)17-5-4-8-28(13-17)25(32)20-10-24-26-12-19(16(3)30)15(2)29(24)27-20/h6-7,9-10,12,17,23H,4-5,8,11,13H2,1-3H3/t17-,23-/m0/s1. The molecule has 4 heterocycles. The number of amides is 1. The molecule has 5 rings (SSSR count). The number of hydrogen-bond acceptors (Lipinski definition) is 6. The van der Waals surface area contributed by atoms with E-state index in [0.29, 0.717) is 53.4 Å². The molecule has 0 unspecified atom stereocenters. The van der Waals surface area contributed by atoms with Crippen molar-refractivity contribution in [2.45, 2.75) is 46.1 Å². The van der Waals surface area contributed by atoms with Crippen molar-refractivity contribution in [3.05, 3.63) is 58.5 Å². The van der Waals surface area contributed by atoms with Crippen LogP contribution >= 0.6 is 0 Å². The number of Topliss-reactive ketones (excluding diaryl/α,β-unsaturated/α-hetero) is 2. The lowest BCUT2D eigenvalue weighted by Crippen LogP contribution is -2.46. The Bertz CT molecular complexity index is 1300. The van der Waals surface area contributed by atoms with Crippen molar-refractivity contribution in [1.82, 2.24) is 19.5 Å². The third-order valence-electron chi connectivity index (χ3n) is 6.69. The first-order valence-electron chi connectivity index (χ1n) is 11.3. The highest BCUT2D eigenvalue weighted by atomic mass is 16.5. The van der Waals surface area contributed by atoms with Crippen LogP contribution in [0.25, 0.3) is 5.65 Å². The lowest BCUT2D eigenvalue weighted by atomic mass is 9.86. The topological polar surface area (TPSA) is 93.9 Å². The molecule has 170 valence electrons. The highest BCUT2D eigenvalue weighted by Crippen LogP contribution is 2.34. The van der Waals surface area contributed by atoms with Gasteiger partial charge in [-0.15, -0.1) is 0 Å². The highest BCUT2D eigenvalue weighted by Gasteiger charge is 2.36. The fourth-order valence-corrected chi connectivity index (χ4v) is 4.88. The van der Waals surface area contributed by atoms with Gasteiger partial charge in [0.2, 0.25) is 0 Å². The normalized spacial score (nSPS) is 20.5. The Morgan fingerprint density at radius 1 is 1.18 bits per heavy atom. The van der Waals surface area contributed by atoms with E-state index in [2.05, 4.69) is 10.1 Å². The maximum Gasteiger partial charge on any atom is 0.274 e. The predicted molar refractivity (Wildman–Crippen MR) is 121 cm³/mol. The van der Waals surface area contributed by atoms with Crippen molar-refractivity contribution >= 4 is 23.1 Å². The number of hydrogen-bond donors (Lipinski definition) is 0. The number of benzene rings is 1. The van der Waals surface area contributed by atoms with Gasteiger partial charge in [0, 0.05) is 37.7 Å². The molecule has 1 aromatic carbocycles. The molecule has 1 amide bonds. The molecule has 2 aliphatic heterocycles. The zero-order valence-electron chi connectivity index (χ0n) is 19.0. The monoisotopic (exact) mass is 446 g/mol. The third-order valence-corrected chi connectivity index (χ3v) is 6.69. The quantitative estimate of drug-likeness (QED) is 0.572. The van der Waals surface area contributed by atoms with Gasteiger partial charge in [-0.25, -0.2) is 9.50 Å². The number of fused-ring (bicyclic) bond motifs is 2. The minimum absolute atomic E-state index is 0.0716. The molecule has 0 radical (unpaired) electrons. The summed E-state index contributed by atoms with van der Waals surface area (Å²) in [5, 5.41) is 4.44. The first kappa shape index (κ1) is 21.3. The number of ether oxygens (including phenoxy) is 1. The summed E-state index contributed by atoms with van der Waals surface area (Å²) in [6, 6.07) is 7.34. The van der Waals surface area contributed by atoms with Crippen LogP contribution in [0.15, 0.2) is 30.5 Å². The summed E-state index contributed by atoms with van der Waals surface area (Å²) in [5.74, 6) is 0.530. The van der Waals surface area contributed by atoms with Crippen molar-refractivity contribution in [2.24, 2.45) is 5.92 Å². The highest BCUT2D eigenvalue weighted by molar-refractivity contribution is 6.00. The molecule has 0 spiro atoms. The number of likely N-dealkylation sites (tertiary alicyclic amines) is 1. The molecule has 2 atom stereocenters. The van der Waals surface area contributed by atoms with Crippen molar-refractivity contribution in [3.63, 3.8) is 0 Å². The SMILES string of the molecule is CC(=O)c1cnc2cc(C(=O)N3CCC[C@H]([C@@H]4CC(=O)c5cc(C)ccc5O4)C3)nn2c1C. The molecular formula is C25H26N4O4. The Hall–Kier alpha value is -3.55. The van der Waals surface area contributed by atoms with Gasteiger partial charge in [-0.2, -0.15) is 5.10 Å². The third kappa shape index (κ3) is 3.79. The second kappa shape index (κ2) is 8.10. The lowest BCUT2D eigenvalue weighted by molar-refractivity contribution is 0.0405. The molecule has 0 aliphatic carbocycles. The van der Waals surface area contributed by atoms with Crippen LogP contribution in [0.1, 0.15) is 68.6 Å². The molecule has 0 saturated carbocycles. The van der Waals surface area contributed by atoms with Crippen molar-refractivity contribution < 1.29 is 19.1 Å². The minimum Gasteiger partial charge on any atom is -0.489 e. The van der Waals surface area contributed by atoms with E-state index >= 15 is 0 Å². The fourth-order valence-electron chi connectivity index (χ4n) is 4.88. The van der Waals surface area contributed by atoms with Crippen LogP contribution < -0.4 is 4.74 Å². The van der Waals surface area contributed by atoms with Gasteiger partial charge in [0.1, 0.15) is 11.9 Å². The van der Waals surface area contributed by atoms with Crippen LogP contribution in [0.5, 0.6) is 5.75 Å². The van der Waals surface area contributed by atoms with Crippen LogP contribution in [-0.4, -0.2) is 56.2 Å². The molecular weight excluding hydrogens is 420 g/mol. The summed E-state index contributed by atoms with van der Waals surface area (Å²) >= 11 is 0. The number of nitrogens with zero attached hydrogens (tertiary/aromatic N) is 4. The van der Waals surface area contributed by atoms with Crippen molar-refractivity contribution in [2.75, 3.05) is 13.1 Å². The van der Waals surface area contributed by atoms with Crippen LogP contribution in [0.3, 0.4) is 0 Å². The van der Waals surface area contributed by atoms with Crippen LogP contribution in [0.2, 0.25) is 0 Å². The summed E-state index contributed by atoms with van der Waals surface area (Å²) in [4.78, 5) is 43.9. The largest absolute Gasteiger partial charge is 0.489 e. The predicted octanol–water partition coefficient (Wildman–Crippen LogP) is 3.43. The average molecular weight is 447 g/mol. The number of aryl methyl sites for hydroxylation is 2. The number of rotatable bonds is 3. The van der Waals surface area contributed by atoms with Gasteiger partial charge >= 0.3 is 0 Å². The Morgan fingerprint density at radius 3 is 2.79 bits per heavy atom. The maximum absolute atomic E-state index is 13.3. The molecule has 1 fully saturated rings. The Balaban J connectivity index is 1.35. The molecule has 1 saturated heterocycles. The van der Waals surface area contributed by atoms with Gasteiger partial charge in [0.15, 0.2) is 22.9 Å². The second-order valence-corrected chi connectivity index (χ2v) is 9.05. The van der Waals surface area contributed by atoms with Crippen LogP contribution in [-0.2, 0) is 0 Å². The second-order valence-electron chi connectivity index (χ2n) is 9.05. The molecule has 8 heteroatoms. The van der Waals surface area contributed by atoms with Gasteiger partial charge in [0.25, 0.3) is 5.91 Å². The average Bonchev–Trinajstić information content (AvgIpc) is 3.24. The van der Waals surface area contributed by atoms with Crippen LogP contribution in [0, 0.1) is 19.8 Å². The number of carbonyl (C=O) groups is 3. The Morgan fingerprint density at radius 2 is 2.00 bits per heavy atom. The lowest BCUT2D eigenvalue weighted by Gasteiger charge is -2.38. The van der Waals surface area contributed by atoms with E-state index in [0.717, 1.165) is 18.4 Å². The number of aromatic nitrogens is 3. The van der Waals surface area contributed by atoms with Crippen molar-refractivity contribution in [1.29, 1.82) is 0 Å². The maximum atomic E-state index is 13.3. The first-order valence-corrected chi connectivity index (χ1v) is 11.3.